The first kappa shape index (κ1) is 15.3. The van der Waals surface area contributed by atoms with Gasteiger partial charge in [0.1, 0.15) is 0 Å². The van der Waals surface area contributed by atoms with E-state index in [-0.39, 0.29) is 11.8 Å². The highest BCUT2D eigenvalue weighted by atomic mass is 32.2. The van der Waals surface area contributed by atoms with Gasteiger partial charge in [-0.05, 0) is 48.9 Å². The maximum absolute atomic E-state index is 12.7. The summed E-state index contributed by atoms with van der Waals surface area (Å²) in [5.74, 6) is 0.253. The Bertz CT molecular complexity index is 811. The van der Waals surface area contributed by atoms with Crippen molar-refractivity contribution < 1.29 is 4.79 Å². The van der Waals surface area contributed by atoms with Crippen LogP contribution in [0.15, 0.2) is 64.7 Å². The fourth-order valence-corrected chi connectivity index (χ4v) is 3.89. The lowest BCUT2D eigenvalue weighted by Gasteiger charge is -2.25. The summed E-state index contributed by atoms with van der Waals surface area (Å²) < 4.78 is 0. The third-order valence-electron chi connectivity index (χ3n) is 4.71. The summed E-state index contributed by atoms with van der Waals surface area (Å²) in [7, 11) is 0. The SMILES string of the molecule is CSc1ccc([C@@H]2Nc3ccccc3NC3=C2C(=O)CCC3)cc1. The first-order chi connectivity index (χ1) is 11.8. The fourth-order valence-electron chi connectivity index (χ4n) is 3.48. The number of benzene rings is 2. The molecule has 4 rings (SSSR count). The first-order valence-corrected chi connectivity index (χ1v) is 9.51. The number of thioether (sulfide) groups is 1. The van der Waals surface area contributed by atoms with Gasteiger partial charge >= 0.3 is 0 Å². The Hall–Kier alpha value is -2.20. The van der Waals surface area contributed by atoms with Crippen LogP contribution in [0.5, 0.6) is 0 Å². The maximum Gasteiger partial charge on any atom is 0.163 e. The van der Waals surface area contributed by atoms with Gasteiger partial charge < -0.3 is 10.6 Å². The molecule has 3 nitrogen and oxygen atoms in total. The molecule has 122 valence electrons. The molecule has 4 heteroatoms. The van der Waals surface area contributed by atoms with Crippen molar-refractivity contribution in [3.05, 3.63) is 65.4 Å². The second-order valence-electron chi connectivity index (χ2n) is 6.19. The average Bonchev–Trinajstić information content (AvgIpc) is 2.79. The molecular weight excluding hydrogens is 316 g/mol. The largest absolute Gasteiger partial charge is 0.372 e. The zero-order valence-electron chi connectivity index (χ0n) is 13.6. The van der Waals surface area contributed by atoms with E-state index in [0.717, 1.165) is 41.1 Å². The summed E-state index contributed by atoms with van der Waals surface area (Å²) in [5.41, 5.74) is 5.19. The fraction of sp³-hybridized carbons (Fsp3) is 0.250. The van der Waals surface area contributed by atoms with Gasteiger partial charge in [0.25, 0.3) is 0 Å². The maximum atomic E-state index is 12.7. The predicted octanol–water partition coefficient (Wildman–Crippen LogP) is 4.99. The smallest absolute Gasteiger partial charge is 0.163 e. The number of fused-ring (bicyclic) bond motifs is 1. The van der Waals surface area contributed by atoms with Crippen molar-refractivity contribution in [2.75, 3.05) is 16.9 Å². The van der Waals surface area contributed by atoms with Crippen LogP contribution in [0.25, 0.3) is 0 Å². The van der Waals surface area contributed by atoms with Gasteiger partial charge in [0, 0.05) is 22.6 Å². The minimum atomic E-state index is -0.0974. The summed E-state index contributed by atoms with van der Waals surface area (Å²) in [6.07, 6.45) is 4.56. The number of nitrogens with one attached hydrogen (secondary N) is 2. The van der Waals surface area contributed by atoms with Crippen LogP contribution in [-0.2, 0) is 4.79 Å². The first-order valence-electron chi connectivity index (χ1n) is 8.29. The number of hydrogen-bond acceptors (Lipinski definition) is 4. The Morgan fingerprint density at radius 3 is 2.50 bits per heavy atom. The number of carbonyl (C=O) groups excluding carboxylic acids is 1. The zero-order chi connectivity index (χ0) is 16.5. The van der Waals surface area contributed by atoms with Crippen molar-refractivity contribution in [1.29, 1.82) is 0 Å². The molecule has 24 heavy (non-hydrogen) atoms. The Balaban J connectivity index is 1.83. The van der Waals surface area contributed by atoms with E-state index in [1.807, 2.05) is 12.1 Å². The highest BCUT2D eigenvalue weighted by Crippen LogP contribution is 2.40. The van der Waals surface area contributed by atoms with Crippen molar-refractivity contribution in [1.82, 2.24) is 0 Å². The van der Waals surface area contributed by atoms with Crippen molar-refractivity contribution in [2.45, 2.75) is 30.2 Å². The van der Waals surface area contributed by atoms with Crippen LogP contribution >= 0.6 is 11.8 Å². The Labute approximate surface area is 146 Å². The van der Waals surface area contributed by atoms with Crippen LogP contribution in [0.2, 0.25) is 0 Å². The van der Waals surface area contributed by atoms with E-state index in [1.165, 1.54) is 4.90 Å². The molecule has 1 atom stereocenters. The van der Waals surface area contributed by atoms with Crippen molar-refractivity contribution in [3.63, 3.8) is 0 Å². The minimum Gasteiger partial charge on any atom is -0.372 e. The molecule has 0 saturated carbocycles. The van der Waals surface area contributed by atoms with Gasteiger partial charge in [-0.1, -0.05) is 24.3 Å². The third-order valence-corrected chi connectivity index (χ3v) is 5.45. The third kappa shape index (κ3) is 2.71. The molecule has 0 radical (unpaired) electrons. The highest BCUT2D eigenvalue weighted by molar-refractivity contribution is 7.98. The van der Waals surface area contributed by atoms with E-state index in [9.17, 15) is 4.79 Å². The lowest BCUT2D eigenvalue weighted by atomic mass is 9.87. The molecule has 0 saturated heterocycles. The molecule has 0 aromatic heterocycles. The van der Waals surface area contributed by atoms with Gasteiger partial charge in [-0.2, -0.15) is 0 Å². The normalized spacial score (nSPS) is 19.7. The van der Waals surface area contributed by atoms with Crippen LogP contribution in [0.3, 0.4) is 0 Å². The van der Waals surface area contributed by atoms with Crippen LogP contribution in [0.4, 0.5) is 11.4 Å². The molecule has 0 unspecified atom stereocenters. The predicted molar refractivity (Wildman–Crippen MR) is 101 cm³/mol. The van der Waals surface area contributed by atoms with Crippen molar-refractivity contribution in [3.8, 4) is 0 Å². The number of para-hydroxylation sites is 2. The molecule has 0 fully saturated rings. The lowest BCUT2D eigenvalue weighted by molar-refractivity contribution is -0.116. The Kier molecular flexibility index (Phi) is 4.07. The van der Waals surface area contributed by atoms with Gasteiger partial charge in [-0.3, -0.25) is 4.79 Å². The van der Waals surface area contributed by atoms with E-state index in [1.54, 1.807) is 11.8 Å². The summed E-state index contributed by atoms with van der Waals surface area (Å²) in [4.78, 5) is 13.9. The number of Topliss-reactive ketones (excluding diaryl/α,β-unsaturated/α-hetero) is 1. The number of rotatable bonds is 2. The van der Waals surface area contributed by atoms with Crippen LogP contribution < -0.4 is 10.6 Å². The zero-order valence-corrected chi connectivity index (χ0v) is 14.5. The topological polar surface area (TPSA) is 41.1 Å². The molecule has 0 amide bonds. The summed E-state index contributed by atoms with van der Waals surface area (Å²) in [5, 5.41) is 7.10. The van der Waals surface area contributed by atoms with Crippen LogP contribution in [0.1, 0.15) is 30.9 Å². The Morgan fingerprint density at radius 2 is 1.75 bits per heavy atom. The van der Waals surface area contributed by atoms with Gasteiger partial charge in [-0.25, -0.2) is 0 Å². The second-order valence-corrected chi connectivity index (χ2v) is 7.07. The van der Waals surface area contributed by atoms with Gasteiger partial charge in [0.2, 0.25) is 0 Å². The molecule has 1 aliphatic heterocycles. The quantitative estimate of drug-likeness (QED) is 0.758. The molecule has 1 heterocycles. The number of anilines is 2. The molecule has 2 aromatic rings. The molecule has 2 N–H and O–H groups in total. The molecular formula is C20H20N2OS. The second kappa shape index (κ2) is 6.36. The number of carbonyl (C=O) groups is 1. The average molecular weight is 336 g/mol. The monoisotopic (exact) mass is 336 g/mol. The van der Waals surface area contributed by atoms with Crippen LogP contribution in [0, 0.1) is 0 Å². The van der Waals surface area contributed by atoms with Crippen molar-refractivity contribution in [2.24, 2.45) is 0 Å². The van der Waals surface area contributed by atoms with Gasteiger partial charge in [0.15, 0.2) is 5.78 Å². The highest BCUT2D eigenvalue weighted by Gasteiger charge is 2.31. The molecule has 2 aliphatic rings. The van der Waals surface area contributed by atoms with E-state index >= 15 is 0 Å². The van der Waals surface area contributed by atoms with Gasteiger partial charge in [-0.15, -0.1) is 11.8 Å². The van der Waals surface area contributed by atoms with E-state index in [0.29, 0.717) is 6.42 Å². The summed E-state index contributed by atoms with van der Waals surface area (Å²) in [6, 6.07) is 16.6. The van der Waals surface area contributed by atoms with E-state index < -0.39 is 0 Å². The minimum absolute atomic E-state index is 0.0974. The summed E-state index contributed by atoms with van der Waals surface area (Å²) >= 11 is 1.73. The molecule has 1 aliphatic carbocycles. The number of hydrogen-bond donors (Lipinski definition) is 2. The van der Waals surface area contributed by atoms with Gasteiger partial charge in [0.05, 0.1) is 17.4 Å². The molecule has 2 aromatic carbocycles. The lowest BCUT2D eigenvalue weighted by Crippen LogP contribution is -2.23. The van der Waals surface area contributed by atoms with Crippen molar-refractivity contribution >= 4 is 28.9 Å². The van der Waals surface area contributed by atoms with E-state index in [2.05, 4.69) is 53.3 Å². The summed E-state index contributed by atoms with van der Waals surface area (Å²) in [6.45, 7) is 0. The molecule has 0 bridgehead atoms. The van der Waals surface area contributed by atoms with Crippen LogP contribution in [-0.4, -0.2) is 12.0 Å². The molecule has 0 spiro atoms. The number of ketones is 1. The van der Waals surface area contributed by atoms with E-state index in [4.69, 9.17) is 0 Å². The standard InChI is InChI=1S/C20H20N2OS/c1-24-14-11-9-13(10-12-14)20-19-17(7-4-8-18(19)23)21-15-5-2-3-6-16(15)22-20/h2-3,5-6,9-12,20-22H,4,7-8H2,1H3/t20-/m0/s1. The Morgan fingerprint density at radius 1 is 1.00 bits per heavy atom. The number of allylic oxidation sites excluding steroid dienone is 1.